The molecule has 0 aliphatic heterocycles. The van der Waals surface area contributed by atoms with Crippen molar-refractivity contribution >= 4 is 0 Å². The van der Waals surface area contributed by atoms with Crippen LogP contribution < -0.4 is 0 Å². The van der Waals surface area contributed by atoms with Gasteiger partial charge in [-0.1, -0.05) is 50.3 Å². The lowest BCUT2D eigenvalue weighted by molar-refractivity contribution is 0.242. The normalized spacial score (nSPS) is 14.0. The van der Waals surface area contributed by atoms with Crippen molar-refractivity contribution in [3.63, 3.8) is 0 Å². The van der Waals surface area contributed by atoms with E-state index in [9.17, 15) is 10.2 Å². The molecule has 22 heavy (non-hydrogen) atoms. The average Bonchev–Trinajstić information content (AvgIpc) is 2.43. The second-order valence-electron chi connectivity index (χ2n) is 7.27. The van der Waals surface area contributed by atoms with Gasteiger partial charge in [-0.3, -0.25) is 0 Å². The molecule has 0 aromatic heterocycles. The first kappa shape index (κ1) is 21.4. The standard InChI is InChI=1S/C20H38O2/c1-16(2)8-6-10-18(5)20(15-22)14-19(12-13-21)11-7-9-17(3)4/h8,17,19,21-22H,6-7,9-15H2,1-5H3. The van der Waals surface area contributed by atoms with Gasteiger partial charge in [0.25, 0.3) is 0 Å². The topological polar surface area (TPSA) is 40.5 Å². The minimum absolute atomic E-state index is 0.159. The third-order valence-electron chi connectivity index (χ3n) is 4.33. The predicted octanol–water partition coefficient (Wildman–Crippen LogP) is 5.26. The average molecular weight is 311 g/mol. The van der Waals surface area contributed by atoms with Crippen LogP contribution in [-0.4, -0.2) is 23.4 Å². The van der Waals surface area contributed by atoms with E-state index in [4.69, 9.17) is 0 Å². The van der Waals surface area contributed by atoms with Crippen LogP contribution in [0.15, 0.2) is 22.8 Å². The van der Waals surface area contributed by atoms with Crippen LogP contribution in [-0.2, 0) is 0 Å². The maximum atomic E-state index is 9.70. The third-order valence-corrected chi connectivity index (χ3v) is 4.33. The Kier molecular flexibility index (Phi) is 12.5. The van der Waals surface area contributed by atoms with E-state index in [1.165, 1.54) is 29.6 Å². The van der Waals surface area contributed by atoms with Gasteiger partial charge in [-0.05, 0) is 63.9 Å². The van der Waals surface area contributed by atoms with Gasteiger partial charge in [0.15, 0.2) is 0 Å². The maximum absolute atomic E-state index is 9.70. The van der Waals surface area contributed by atoms with Crippen LogP contribution in [0.4, 0.5) is 0 Å². The molecule has 0 radical (unpaired) electrons. The van der Waals surface area contributed by atoms with Crippen molar-refractivity contribution in [3.8, 4) is 0 Å². The van der Waals surface area contributed by atoms with E-state index in [1.807, 2.05) is 0 Å². The SMILES string of the molecule is CC(C)=CCCC(C)=C(CO)CC(CCO)CCCC(C)C. The largest absolute Gasteiger partial charge is 0.396 e. The number of rotatable bonds is 12. The maximum Gasteiger partial charge on any atom is 0.0644 e. The Morgan fingerprint density at radius 1 is 1.00 bits per heavy atom. The fraction of sp³-hybridized carbons (Fsp3) is 0.800. The summed E-state index contributed by atoms with van der Waals surface area (Å²) in [4.78, 5) is 0. The summed E-state index contributed by atoms with van der Waals surface area (Å²) in [5.41, 5.74) is 3.86. The molecule has 0 bridgehead atoms. The number of aliphatic hydroxyl groups excluding tert-OH is 2. The summed E-state index contributed by atoms with van der Waals surface area (Å²) in [5, 5.41) is 19.0. The Bertz CT molecular complexity index is 336. The number of allylic oxidation sites excluding steroid dienone is 3. The first-order chi connectivity index (χ1) is 10.4. The van der Waals surface area contributed by atoms with E-state index < -0.39 is 0 Å². The zero-order chi connectivity index (χ0) is 17.0. The second kappa shape index (κ2) is 12.9. The highest BCUT2D eigenvalue weighted by Gasteiger charge is 2.13. The van der Waals surface area contributed by atoms with Crippen LogP contribution >= 0.6 is 0 Å². The van der Waals surface area contributed by atoms with Crippen LogP contribution in [0.25, 0.3) is 0 Å². The molecule has 0 spiro atoms. The fourth-order valence-electron chi connectivity index (χ4n) is 2.82. The lowest BCUT2D eigenvalue weighted by Crippen LogP contribution is -2.09. The van der Waals surface area contributed by atoms with Gasteiger partial charge in [-0.15, -0.1) is 0 Å². The molecule has 2 heteroatoms. The molecular weight excluding hydrogens is 272 g/mol. The predicted molar refractivity (Wildman–Crippen MR) is 96.9 cm³/mol. The summed E-state index contributed by atoms with van der Waals surface area (Å²) in [7, 11) is 0. The minimum atomic E-state index is 0.159. The van der Waals surface area contributed by atoms with Gasteiger partial charge in [0, 0.05) is 6.61 Å². The molecule has 0 aliphatic carbocycles. The Balaban J connectivity index is 4.56. The lowest BCUT2D eigenvalue weighted by atomic mass is 9.88. The summed E-state index contributed by atoms with van der Waals surface area (Å²) in [5.74, 6) is 1.25. The van der Waals surface area contributed by atoms with Crippen LogP contribution in [0.3, 0.4) is 0 Å². The Morgan fingerprint density at radius 2 is 1.68 bits per heavy atom. The zero-order valence-electron chi connectivity index (χ0n) is 15.5. The third kappa shape index (κ3) is 11.0. The van der Waals surface area contributed by atoms with Crippen molar-refractivity contribution in [3.05, 3.63) is 22.8 Å². The van der Waals surface area contributed by atoms with Crippen LogP contribution in [0.1, 0.15) is 79.6 Å². The van der Waals surface area contributed by atoms with Crippen molar-refractivity contribution in [2.45, 2.75) is 79.6 Å². The highest BCUT2D eigenvalue weighted by atomic mass is 16.3. The zero-order valence-corrected chi connectivity index (χ0v) is 15.5. The van der Waals surface area contributed by atoms with E-state index in [0.29, 0.717) is 5.92 Å². The monoisotopic (exact) mass is 310 g/mol. The molecule has 0 rings (SSSR count). The molecule has 130 valence electrons. The fourth-order valence-corrected chi connectivity index (χ4v) is 2.82. The van der Waals surface area contributed by atoms with Gasteiger partial charge >= 0.3 is 0 Å². The van der Waals surface area contributed by atoms with Crippen LogP contribution in [0.2, 0.25) is 0 Å². The molecule has 0 aliphatic rings. The first-order valence-corrected chi connectivity index (χ1v) is 8.93. The van der Waals surface area contributed by atoms with Crippen molar-refractivity contribution < 1.29 is 10.2 Å². The lowest BCUT2D eigenvalue weighted by Gasteiger charge is -2.19. The van der Waals surface area contributed by atoms with Crippen molar-refractivity contribution in [2.24, 2.45) is 11.8 Å². The van der Waals surface area contributed by atoms with E-state index >= 15 is 0 Å². The summed E-state index contributed by atoms with van der Waals surface area (Å²) >= 11 is 0. The van der Waals surface area contributed by atoms with Crippen molar-refractivity contribution in [1.82, 2.24) is 0 Å². The Labute approximate surface area is 138 Å². The molecule has 0 heterocycles. The highest BCUT2D eigenvalue weighted by molar-refractivity contribution is 5.14. The van der Waals surface area contributed by atoms with Gasteiger partial charge in [0.2, 0.25) is 0 Å². The Morgan fingerprint density at radius 3 is 2.18 bits per heavy atom. The first-order valence-electron chi connectivity index (χ1n) is 8.93. The molecule has 1 atom stereocenters. The van der Waals surface area contributed by atoms with E-state index in [-0.39, 0.29) is 13.2 Å². The molecule has 0 fully saturated rings. The number of aliphatic hydroxyl groups is 2. The molecular formula is C20H38O2. The van der Waals surface area contributed by atoms with Crippen LogP contribution in [0.5, 0.6) is 0 Å². The summed E-state index contributed by atoms with van der Waals surface area (Å²) < 4.78 is 0. The highest BCUT2D eigenvalue weighted by Crippen LogP contribution is 2.25. The minimum Gasteiger partial charge on any atom is -0.396 e. The molecule has 2 N–H and O–H groups in total. The summed E-state index contributed by atoms with van der Waals surface area (Å²) in [6.07, 6.45) is 9.75. The van der Waals surface area contributed by atoms with E-state index in [2.05, 4.69) is 40.7 Å². The van der Waals surface area contributed by atoms with Crippen molar-refractivity contribution in [2.75, 3.05) is 13.2 Å². The van der Waals surface area contributed by atoms with Gasteiger partial charge < -0.3 is 10.2 Å². The van der Waals surface area contributed by atoms with Gasteiger partial charge in [0.1, 0.15) is 0 Å². The molecule has 0 saturated heterocycles. The van der Waals surface area contributed by atoms with Gasteiger partial charge in [0.05, 0.1) is 6.61 Å². The molecule has 0 saturated carbocycles. The molecule has 0 amide bonds. The second-order valence-corrected chi connectivity index (χ2v) is 7.27. The Hall–Kier alpha value is -0.600. The molecule has 0 aromatic carbocycles. The quantitative estimate of drug-likeness (QED) is 0.483. The number of hydrogen-bond donors (Lipinski definition) is 2. The smallest absolute Gasteiger partial charge is 0.0644 e. The van der Waals surface area contributed by atoms with Crippen molar-refractivity contribution in [1.29, 1.82) is 0 Å². The van der Waals surface area contributed by atoms with Gasteiger partial charge in [-0.25, -0.2) is 0 Å². The van der Waals surface area contributed by atoms with E-state index in [0.717, 1.165) is 38.0 Å². The summed E-state index contributed by atoms with van der Waals surface area (Å²) in [6.45, 7) is 11.3. The molecule has 0 aromatic rings. The summed E-state index contributed by atoms with van der Waals surface area (Å²) in [6, 6.07) is 0. The molecule has 1 unspecified atom stereocenters. The van der Waals surface area contributed by atoms with E-state index in [1.54, 1.807) is 0 Å². The van der Waals surface area contributed by atoms with Gasteiger partial charge in [-0.2, -0.15) is 0 Å². The van der Waals surface area contributed by atoms with Crippen LogP contribution in [0, 0.1) is 11.8 Å². The molecule has 2 nitrogen and oxygen atoms in total. The number of hydrogen-bond acceptors (Lipinski definition) is 2.